The smallest absolute Gasteiger partial charge is 0.223 e. The van der Waals surface area contributed by atoms with E-state index in [0.717, 1.165) is 42.6 Å². The van der Waals surface area contributed by atoms with Gasteiger partial charge in [-0.25, -0.2) is 0 Å². The molecular formula is C22H29NO2. The molecule has 0 heterocycles. The van der Waals surface area contributed by atoms with Gasteiger partial charge >= 0.3 is 0 Å². The Bertz CT molecular complexity index is 676. The number of nitrogens with zero attached hydrogens (tertiary/aromatic N) is 1. The molecule has 134 valence electrons. The first-order chi connectivity index (χ1) is 12.1. The lowest BCUT2D eigenvalue weighted by atomic mass is 9.86. The second kappa shape index (κ2) is 9.26. The van der Waals surface area contributed by atoms with Crippen molar-refractivity contribution in [2.24, 2.45) is 0 Å². The van der Waals surface area contributed by atoms with E-state index in [-0.39, 0.29) is 17.6 Å². The molecule has 0 aliphatic rings. The van der Waals surface area contributed by atoms with Crippen molar-refractivity contribution >= 4 is 5.91 Å². The van der Waals surface area contributed by atoms with Crippen molar-refractivity contribution in [1.29, 1.82) is 0 Å². The highest BCUT2D eigenvalue weighted by atomic mass is 16.3. The first kappa shape index (κ1) is 19.0. The van der Waals surface area contributed by atoms with Crippen molar-refractivity contribution in [3.05, 3.63) is 65.2 Å². The zero-order valence-corrected chi connectivity index (χ0v) is 15.5. The van der Waals surface area contributed by atoms with Crippen LogP contribution >= 0.6 is 0 Å². The van der Waals surface area contributed by atoms with Crippen LogP contribution in [0.25, 0.3) is 0 Å². The van der Waals surface area contributed by atoms with E-state index in [0.29, 0.717) is 6.42 Å². The Morgan fingerprint density at radius 2 is 1.68 bits per heavy atom. The molecular weight excluding hydrogens is 310 g/mol. The third-order valence-electron chi connectivity index (χ3n) is 4.48. The van der Waals surface area contributed by atoms with Crippen molar-refractivity contribution in [3.8, 4) is 5.75 Å². The van der Waals surface area contributed by atoms with Crippen LogP contribution in [0.15, 0.2) is 48.5 Å². The summed E-state index contributed by atoms with van der Waals surface area (Å²) < 4.78 is 0. The number of carbonyl (C=O) groups excluding carboxylic acids is 1. The molecule has 0 spiro atoms. The van der Waals surface area contributed by atoms with Crippen molar-refractivity contribution < 1.29 is 9.90 Å². The van der Waals surface area contributed by atoms with Crippen LogP contribution in [0.2, 0.25) is 0 Å². The Balaban J connectivity index is 2.35. The summed E-state index contributed by atoms with van der Waals surface area (Å²) in [5, 5.41) is 10.4. The maximum absolute atomic E-state index is 12.9. The average molecular weight is 339 g/mol. The summed E-state index contributed by atoms with van der Waals surface area (Å²) in [7, 11) is 0. The topological polar surface area (TPSA) is 40.5 Å². The van der Waals surface area contributed by atoms with Crippen LogP contribution in [0, 0.1) is 6.92 Å². The van der Waals surface area contributed by atoms with Gasteiger partial charge in [-0.1, -0.05) is 61.9 Å². The van der Waals surface area contributed by atoms with Crippen LogP contribution in [-0.4, -0.2) is 29.0 Å². The second-order valence-electron chi connectivity index (χ2n) is 6.61. The molecule has 0 radical (unpaired) electrons. The van der Waals surface area contributed by atoms with Gasteiger partial charge in [0.2, 0.25) is 5.91 Å². The second-order valence-corrected chi connectivity index (χ2v) is 6.61. The Kier molecular flexibility index (Phi) is 7.05. The van der Waals surface area contributed by atoms with Crippen LogP contribution in [0.5, 0.6) is 5.75 Å². The SMILES string of the molecule is CCCN(CCC)C(=O)C[C@H](c1ccccc1)c1cc(C)ccc1O. The lowest BCUT2D eigenvalue weighted by Crippen LogP contribution is -2.33. The molecule has 0 saturated carbocycles. The summed E-state index contributed by atoms with van der Waals surface area (Å²) in [6.45, 7) is 7.77. The highest BCUT2D eigenvalue weighted by Crippen LogP contribution is 2.35. The molecule has 0 aliphatic carbocycles. The van der Waals surface area contributed by atoms with Gasteiger partial charge in [-0.15, -0.1) is 0 Å². The van der Waals surface area contributed by atoms with E-state index in [4.69, 9.17) is 0 Å². The molecule has 2 aromatic rings. The number of aryl methyl sites for hydroxylation is 1. The number of rotatable bonds is 8. The molecule has 0 unspecified atom stereocenters. The fourth-order valence-electron chi connectivity index (χ4n) is 3.25. The summed E-state index contributed by atoms with van der Waals surface area (Å²) in [6.07, 6.45) is 2.29. The minimum absolute atomic E-state index is 0.134. The van der Waals surface area contributed by atoms with Crippen molar-refractivity contribution in [1.82, 2.24) is 4.90 Å². The molecule has 0 fully saturated rings. The van der Waals surface area contributed by atoms with Crippen LogP contribution < -0.4 is 0 Å². The van der Waals surface area contributed by atoms with E-state index in [1.165, 1.54) is 0 Å². The van der Waals surface area contributed by atoms with E-state index < -0.39 is 0 Å². The Hall–Kier alpha value is -2.29. The number of hydrogen-bond acceptors (Lipinski definition) is 2. The molecule has 0 bridgehead atoms. The van der Waals surface area contributed by atoms with Gasteiger partial charge in [0.05, 0.1) is 0 Å². The maximum Gasteiger partial charge on any atom is 0.223 e. The van der Waals surface area contributed by atoms with E-state index in [2.05, 4.69) is 13.8 Å². The van der Waals surface area contributed by atoms with Crippen LogP contribution in [0.4, 0.5) is 0 Å². The molecule has 0 aromatic heterocycles. The van der Waals surface area contributed by atoms with Crippen molar-refractivity contribution in [3.63, 3.8) is 0 Å². The first-order valence-corrected chi connectivity index (χ1v) is 9.19. The lowest BCUT2D eigenvalue weighted by Gasteiger charge is -2.25. The summed E-state index contributed by atoms with van der Waals surface area (Å²) in [4.78, 5) is 14.9. The third-order valence-corrected chi connectivity index (χ3v) is 4.48. The molecule has 3 nitrogen and oxygen atoms in total. The standard InChI is InChI=1S/C22H29NO2/c1-4-13-23(14-5-2)22(25)16-19(18-9-7-6-8-10-18)20-15-17(3)11-12-21(20)24/h6-12,15,19,24H,4-5,13-14,16H2,1-3H3/t19-/m1/s1. The summed E-state index contributed by atoms with van der Waals surface area (Å²) in [6, 6.07) is 15.6. The van der Waals surface area contributed by atoms with Gasteiger partial charge in [-0.05, 0) is 31.4 Å². The van der Waals surface area contributed by atoms with E-state index in [1.807, 2.05) is 54.3 Å². The summed E-state index contributed by atoms with van der Waals surface area (Å²) in [5.41, 5.74) is 2.97. The lowest BCUT2D eigenvalue weighted by molar-refractivity contribution is -0.131. The van der Waals surface area contributed by atoms with Crippen LogP contribution in [-0.2, 0) is 4.79 Å². The van der Waals surface area contributed by atoms with E-state index >= 15 is 0 Å². The van der Waals surface area contributed by atoms with Crippen LogP contribution in [0.3, 0.4) is 0 Å². The molecule has 1 amide bonds. The van der Waals surface area contributed by atoms with Crippen LogP contribution in [0.1, 0.15) is 55.7 Å². The van der Waals surface area contributed by atoms with Crippen molar-refractivity contribution in [2.45, 2.75) is 46.0 Å². The Morgan fingerprint density at radius 3 is 2.28 bits per heavy atom. The van der Waals surface area contributed by atoms with Crippen molar-refractivity contribution in [2.75, 3.05) is 13.1 Å². The average Bonchev–Trinajstić information content (AvgIpc) is 2.62. The van der Waals surface area contributed by atoms with Gasteiger partial charge in [0.1, 0.15) is 5.75 Å². The molecule has 0 saturated heterocycles. The highest BCUT2D eigenvalue weighted by molar-refractivity contribution is 5.78. The maximum atomic E-state index is 12.9. The Morgan fingerprint density at radius 1 is 1.04 bits per heavy atom. The summed E-state index contributed by atoms with van der Waals surface area (Å²) in [5.74, 6) is 0.271. The Labute approximate surface area is 151 Å². The minimum atomic E-state index is -0.134. The van der Waals surface area contributed by atoms with Gasteiger partial charge in [-0.3, -0.25) is 4.79 Å². The zero-order chi connectivity index (χ0) is 18.2. The normalized spacial score (nSPS) is 12.0. The van der Waals surface area contributed by atoms with E-state index in [1.54, 1.807) is 6.07 Å². The fraction of sp³-hybridized carbons (Fsp3) is 0.409. The molecule has 2 rings (SSSR count). The predicted molar refractivity (Wildman–Crippen MR) is 103 cm³/mol. The van der Waals surface area contributed by atoms with Gasteiger partial charge < -0.3 is 10.0 Å². The molecule has 1 atom stereocenters. The molecule has 2 aromatic carbocycles. The minimum Gasteiger partial charge on any atom is -0.508 e. The number of phenolic OH excluding ortho intramolecular Hbond substituents is 1. The third kappa shape index (κ3) is 5.09. The van der Waals surface area contributed by atoms with Gasteiger partial charge in [0, 0.05) is 31.0 Å². The van der Waals surface area contributed by atoms with Gasteiger partial charge in [-0.2, -0.15) is 0 Å². The number of benzene rings is 2. The fourth-order valence-corrected chi connectivity index (χ4v) is 3.25. The number of amides is 1. The number of hydrogen-bond donors (Lipinski definition) is 1. The molecule has 3 heteroatoms. The monoisotopic (exact) mass is 339 g/mol. The number of phenols is 1. The zero-order valence-electron chi connectivity index (χ0n) is 15.5. The largest absolute Gasteiger partial charge is 0.508 e. The quantitative estimate of drug-likeness (QED) is 0.745. The summed E-state index contributed by atoms with van der Waals surface area (Å²) >= 11 is 0. The van der Waals surface area contributed by atoms with Gasteiger partial charge in [0.25, 0.3) is 0 Å². The number of carbonyl (C=O) groups is 1. The molecule has 1 N–H and O–H groups in total. The first-order valence-electron chi connectivity index (χ1n) is 9.19. The number of aromatic hydroxyl groups is 1. The molecule has 0 aliphatic heterocycles. The predicted octanol–water partition coefficient (Wildman–Crippen LogP) is 4.87. The molecule has 25 heavy (non-hydrogen) atoms. The highest BCUT2D eigenvalue weighted by Gasteiger charge is 2.23. The van der Waals surface area contributed by atoms with E-state index in [9.17, 15) is 9.90 Å². The van der Waals surface area contributed by atoms with Gasteiger partial charge in [0.15, 0.2) is 0 Å².